The summed E-state index contributed by atoms with van der Waals surface area (Å²) < 4.78 is 32.7. The van der Waals surface area contributed by atoms with E-state index in [1.165, 1.54) is 22.5 Å². The van der Waals surface area contributed by atoms with E-state index in [0.717, 1.165) is 25.3 Å². The van der Waals surface area contributed by atoms with Crippen LogP contribution in [-0.2, 0) is 15.6 Å². The lowest BCUT2D eigenvalue weighted by molar-refractivity contribution is -0.385. The molecule has 1 atom stereocenters. The molecule has 10 nitrogen and oxygen atoms in total. The highest BCUT2D eigenvalue weighted by Gasteiger charge is 2.43. The summed E-state index contributed by atoms with van der Waals surface area (Å²) in [7, 11) is -3.94. The van der Waals surface area contributed by atoms with Crippen LogP contribution in [0.5, 0.6) is 0 Å². The number of nitro benzene ring substituents is 1. The number of rotatable bonds is 5. The highest BCUT2D eigenvalue weighted by Crippen LogP contribution is 2.40. The smallest absolute Gasteiger partial charge is 0.270 e. The number of nitrogens with two attached hydrogens (primary N) is 1. The molecule has 0 spiro atoms. The number of sulfonamides is 1. The third-order valence-electron chi connectivity index (χ3n) is 5.26. The molecule has 2 fully saturated rings. The van der Waals surface area contributed by atoms with E-state index in [-0.39, 0.29) is 23.0 Å². The maximum absolute atomic E-state index is 13.1. The third kappa shape index (κ3) is 3.01. The molecule has 11 heteroatoms. The zero-order valence-corrected chi connectivity index (χ0v) is 15.3. The van der Waals surface area contributed by atoms with Crippen molar-refractivity contribution >= 4 is 15.7 Å². The lowest BCUT2D eigenvalue weighted by Crippen LogP contribution is -2.44. The van der Waals surface area contributed by atoms with Gasteiger partial charge in [-0.25, -0.2) is 8.42 Å². The van der Waals surface area contributed by atoms with Gasteiger partial charge in [0.15, 0.2) is 5.82 Å². The molecule has 1 unspecified atom stereocenters. The normalized spacial score (nSPS) is 22.5. The van der Waals surface area contributed by atoms with Crippen molar-refractivity contribution < 1.29 is 17.9 Å². The molecule has 1 saturated heterocycles. The van der Waals surface area contributed by atoms with Crippen molar-refractivity contribution in [2.24, 2.45) is 5.73 Å². The molecule has 1 aliphatic heterocycles. The van der Waals surface area contributed by atoms with E-state index in [0.29, 0.717) is 18.7 Å². The van der Waals surface area contributed by atoms with Gasteiger partial charge in [-0.2, -0.15) is 9.29 Å². The highest BCUT2D eigenvalue weighted by molar-refractivity contribution is 7.89. The van der Waals surface area contributed by atoms with Gasteiger partial charge in [0.05, 0.1) is 15.4 Å². The Morgan fingerprint density at radius 3 is 2.78 bits per heavy atom. The molecule has 2 heterocycles. The second kappa shape index (κ2) is 6.36. The summed E-state index contributed by atoms with van der Waals surface area (Å²) in [5, 5.41) is 14.9. The third-order valence-corrected chi connectivity index (χ3v) is 7.16. The molecule has 0 amide bonds. The van der Waals surface area contributed by atoms with Crippen molar-refractivity contribution in [3.63, 3.8) is 0 Å². The fourth-order valence-electron chi connectivity index (χ4n) is 3.52. The number of non-ortho nitro benzene ring substituents is 1. The van der Waals surface area contributed by atoms with Gasteiger partial charge < -0.3 is 10.3 Å². The van der Waals surface area contributed by atoms with Crippen LogP contribution >= 0.6 is 0 Å². The first-order valence-corrected chi connectivity index (χ1v) is 10.1. The van der Waals surface area contributed by atoms with Gasteiger partial charge in [0.2, 0.25) is 15.9 Å². The second-order valence-corrected chi connectivity index (χ2v) is 8.88. The number of nitrogens with zero attached hydrogens (tertiary/aromatic N) is 4. The molecule has 1 aromatic carbocycles. The molecule has 2 aromatic rings. The van der Waals surface area contributed by atoms with Crippen LogP contribution in [-0.4, -0.2) is 34.3 Å². The summed E-state index contributed by atoms with van der Waals surface area (Å²) in [4.78, 5) is 14.6. The molecule has 2 N–H and O–H groups in total. The summed E-state index contributed by atoms with van der Waals surface area (Å²) in [6, 6.07) is 4.42. The Labute approximate surface area is 155 Å². The Kier molecular flexibility index (Phi) is 4.24. The minimum atomic E-state index is -3.94. The van der Waals surface area contributed by atoms with Crippen molar-refractivity contribution in [1.29, 1.82) is 0 Å². The van der Waals surface area contributed by atoms with Gasteiger partial charge in [-0.1, -0.05) is 11.2 Å². The van der Waals surface area contributed by atoms with Crippen molar-refractivity contribution in [3.05, 3.63) is 46.1 Å². The molecule has 0 radical (unpaired) electrons. The first kappa shape index (κ1) is 18.0. The van der Waals surface area contributed by atoms with Crippen LogP contribution in [0, 0.1) is 10.1 Å². The molecule has 27 heavy (non-hydrogen) atoms. The summed E-state index contributed by atoms with van der Waals surface area (Å²) in [5.74, 6) is 0.622. The standard InChI is InChI=1S/C16H19N5O5S/c17-16(7-3-8-16)15-18-14(26-19-15)13-6-2-9-20(13)27(24,25)12-5-1-4-11(10-12)21(22)23/h1,4-5,10,13H,2-3,6-9,17H2. The van der Waals surface area contributed by atoms with Gasteiger partial charge in [-0.3, -0.25) is 10.1 Å². The van der Waals surface area contributed by atoms with Crippen LogP contribution in [0.25, 0.3) is 0 Å². The molecule has 1 saturated carbocycles. The van der Waals surface area contributed by atoms with Gasteiger partial charge in [0.1, 0.15) is 6.04 Å². The van der Waals surface area contributed by atoms with E-state index in [2.05, 4.69) is 10.1 Å². The van der Waals surface area contributed by atoms with E-state index < -0.39 is 26.5 Å². The van der Waals surface area contributed by atoms with Gasteiger partial charge in [0.25, 0.3) is 5.69 Å². The largest absolute Gasteiger partial charge is 0.337 e. The van der Waals surface area contributed by atoms with Gasteiger partial charge in [-0.15, -0.1) is 0 Å². The first-order valence-electron chi connectivity index (χ1n) is 8.70. The Bertz CT molecular complexity index is 985. The average molecular weight is 393 g/mol. The SMILES string of the molecule is NC1(c2noc(C3CCCN3S(=O)(=O)c3cccc([N+](=O)[O-])c3)n2)CCC1. The topological polar surface area (TPSA) is 145 Å². The van der Waals surface area contributed by atoms with Crippen molar-refractivity contribution in [2.45, 2.75) is 48.6 Å². The molecule has 144 valence electrons. The molecular formula is C16H19N5O5S. The number of nitro groups is 1. The summed E-state index contributed by atoms with van der Waals surface area (Å²) in [6.07, 6.45) is 3.70. The van der Waals surface area contributed by atoms with Crippen molar-refractivity contribution in [1.82, 2.24) is 14.4 Å². The van der Waals surface area contributed by atoms with E-state index in [9.17, 15) is 18.5 Å². The molecule has 1 aliphatic carbocycles. The fraction of sp³-hybridized carbons (Fsp3) is 0.500. The van der Waals surface area contributed by atoms with Gasteiger partial charge in [-0.05, 0) is 38.2 Å². The minimum absolute atomic E-state index is 0.127. The van der Waals surface area contributed by atoms with Crippen LogP contribution in [0.1, 0.15) is 49.9 Å². The van der Waals surface area contributed by atoms with E-state index in [1.54, 1.807) is 0 Å². The summed E-state index contributed by atoms with van der Waals surface area (Å²) >= 11 is 0. The lowest BCUT2D eigenvalue weighted by atomic mass is 9.77. The maximum atomic E-state index is 13.1. The minimum Gasteiger partial charge on any atom is -0.337 e. The molecular weight excluding hydrogens is 374 g/mol. The van der Waals surface area contributed by atoms with Crippen molar-refractivity contribution in [2.75, 3.05) is 6.54 Å². The van der Waals surface area contributed by atoms with Gasteiger partial charge in [0, 0.05) is 18.7 Å². The van der Waals surface area contributed by atoms with E-state index >= 15 is 0 Å². The maximum Gasteiger partial charge on any atom is 0.270 e. The predicted molar refractivity (Wildman–Crippen MR) is 93.0 cm³/mol. The number of aromatic nitrogens is 2. The predicted octanol–water partition coefficient (Wildman–Crippen LogP) is 1.84. The molecule has 1 aromatic heterocycles. The quantitative estimate of drug-likeness (QED) is 0.598. The number of benzene rings is 1. The zero-order valence-electron chi connectivity index (χ0n) is 14.4. The van der Waals surface area contributed by atoms with Crippen LogP contribution in [0.4, 0.5) is 5.69 Å². The Morgan fingerprint density at radius 2 is 2.11 bits per heavy atom. The Balaban J connectivity index is 1.65. The molecule has 2 aliphatic rings. The van der Waals surface area contributed by atoms with Crippen molar-refractivity contribution in [3.8, 4) is 0 Å². The fourth-order valence-corrected chi connectivity index (χ4v) is 5.21. The van der Waals surface area contributed by atoms with Crippen LogP contribution in [0.15, 0.2) is 33.7 Å². The average Bonchev–Trinajstić information content (AvgIpc) is 3.29. The number of hydrogen-bond acceptors (Lipinski definition) is 8. The Hall–Kier alpha value is -2.37. The van der Waals surface area contributed by atoms with Gasteiger partial charge >= 0.3 is 0 Å². The number of hydrogen-bond donors (Lipinski definition) is 1. The van der Waals surface area contributed by atoms with Crippen LogP contribution < -0.4 is 5.73 Å². The van der Waals surface area contributed by atoms with Crippen LogP contribution in [0.3, 0.4) is 0 Å². The molecule has 0 bridgehead atoms. The van der Waals surface area contributed by atoms with Crippen LogP contribution in [0.2, 0.25) is 0 Å². The lowest BCUT2D eigenvalue weighted by Gasteiger charge is -2.34. The first-order chi connectivity index (χ1) is 12.8. The summed E-state index contributed by atoms with van der Waals surface area (Å²) in [5.41, 5.74) is 5.34. The highest BCUT2D eigenvalue weighted by atomic mass is 32.2. The van der Waals surface area contributed by atoms with E-state index in [1.807, 2.05) is 0 Å². The second-order valence-electron chi connectivity index (χ2n) is 6.99. The Morgan fingerprint density at radius 1 is 1.33 bits per heavy atom. The molecule has 4 rings (SSSR count). The zero-order chi connectivity index (χ0) is 19.2. The monoisotopic (exact) mass is 393 g/mol. The summed E-state index contributed by atoms with van der Waals surface area (Å²) in [6.45, 7) is 0.279. The van der Waals surface area contributed by atoms with E-state index in [4.69, 9.17) is 10.3 Å².